The van der Waals surface area contributed by atoms with Gasteiger partial charge in [0.05, 0.1) is 6.54 Å². The monoisotopic (exact) mass is 440 g/mol. The standard InChI is InChI=1S/C26H40N4O2/c1-7-9-11-12-18-22(29-27-6)24(31)21-19-16-17(3)13-14-20(19)26(4,5)32-25(21)23(18)30-28-15-10-8-2/h16,19-20,31H,7-15H2,1-6H3/t19-,20-/m1/s1. The summed E-state index contributed by atoms with van der Waals surface area (Å²) in [7, 11) is 1.64. The van der Waals surface area contributed by atoms with Gasteiger partial charge in [0.1, 0.15) is 17.0 Å². The molecule has 1 aromatic carbocycles. The van der Waals surface area contributed by atoms with Crippen LogP contribution in [0, 0.1) is 5.92 Å². The molecule has 1 heterocycles. The molecule has 1 aliphatic heterocycles. The Hall–Kier alpha value is -2.24. The molecular weight excluding hydrogens is 400 g/mol. The Morgan fingerprint density at radius 3 is 2.53 bits per heavy atom. The molecule has 0 bridgehead atoms. The third kappa shape index (κ3) is 4.89. The number of phenolic OH excluding ortho intramolecular Hbond substituents is 1. The summed E-state index contributed by atoms with van der Waals surface area (Å²) in [5, 5.41) is 29.1. The summed E-state index contributed by atoms with van der Waals surface area (Å²) in [5.41, 5.74) is 3.96. The minimum Gasteiger partial charge on any atom is -0.505 e. The first-order valence-electron chi connectivity index (χ1n) is 12.3. The van der Waals surface area contributed by atoms with E-state index in [0.717, 1.165) is 68.2 Å². The van der Waals surface area contributed by atoms with Gasteiger partial charge >= 0.3 is 0 Å². The molecule has 0 saturated heterocycles. The first-order chi connectivity index (χ1) is 15.4. The van der Waals surface area contributed by atoms with Gasteiger partial charge in [-0.2, -0.15) is 20.5 Å². The molecule has 1 aromatic rings. The average Bonchev–Trinajstić information content (AvgIpc) is 2.74. The summed E-state index contributed by atoms with van der Waals surface area (Å²) in [4.78, 5) is 0. The van der Waals surface area contributed by atoms with Crippen molar-refractivity contribution in [1.82, 2.24) is 0 Å². The number of fused-ring (bicyclic) bond motifs is 3. The topological polar surface area (TPSA) is 78.9 Å². The zero-order chi connectivity index (χ0) is 23.3. The maximum atomic E-state index is 11.5. The average molecular weight is 441 g/mol. The molecule has 176 valence electrons. The molecule has 6 nitrogen and oxygen atoms in total. The van der Waals surface area contributed by atoms with Gasteiger partial charge in [0.25, 0.3) is 0 Å². The van der Waals surface area contributed by atoms with Gasteiger partial charge in [-0.25, -0.2) is 0 Å². The van der Waals surface area contributed by atoms with Crippen LogP contribution in [-0.4, -0.2) is 24.3 Å². The van der Waals surface area contributed by atoms with Crippen LogP contribution in [0.3, 0.4) is 0 Å². The van der Waals surface area contributed by atoms with E-state index in [2.05, 4.69) is 56.0 Å². The number of ether oxygens (including phenoxy) is 1. The normalized spacial score (nSPS) is 22.0. The summed E-state index contributed by atoms with van der Waals surface area (Å²) >= 11 is 0. The Labute approximate surface area is 193 Å². The van der Waals surface area contributed by atoms with Crippen LogP contribution < -0.4 is 4.74 Å². The number of allylic oxidation sites excluding steroid dienone is 2. The van der Waals surface area contributed by atoms with E-state index in [0.29, 0.717) is 18.0 Å². The molecule has 0 fully saturated rings. The van der Waals surface area contributed by atoms with Crippen molar-refractivity contribution in [3.05, 3.63) is 22.8 Å². The van der Waals surface area contributed by atoms with Gasteiger partial charge in [-0.3, -0.25) is 0 Å². The second kappa shape index (κ2) is 10.6. The van der Waals surface area contributed by atoms with Crippen molar-refractivity contribution < 1.29 is 9.84 Å². The minimum atomic E-state index is -0.358. The van der Waals surface area contributed by atoms with E-state index in [1.165, 1.54) is 5.57 Å². The van der Waals surface area contributed by atoms with E-state index < -0.39 is 0 Å². The van der Waals surface area contributed by atoms with E-state index in [-0.39, 0.29) is 23.2 Å². The highest BCUT2D eigenvalue weighted by atomic mass is 16.5. The van der Waals surface area contributed by atoms with Gasteiger partial charge in [0.15, 0.2) is 11.5 Å². The van der Waals surface area contributed by atoms with Gasteiger partial charge < -0.3 is 9.84 Å². The van der Waals surface area contributed by atoms with Crippen molar-refractivity contribution >= 4 is 11.4 Å². The van der Waals surface area contributed by atoms with Crippen LogP contribution in [0.5, 0.6) is 11.5 Å². The summed E-state index contributed by atoms with van der Waals surface area (Å²) in [6.07, 6.45) is 10.4. The molecule has 0 amide bonds. The van der Waals surface area contributed by atoms with Crippen LogP contribution in [0.15, 0.2) is 32.1 Å². The SMILES string of the molecule is CCCCCc1c(N=NC)c(O)c2c(c1N=NCCCC)OC(C)(C)[C@@H]1CCC(C)=C[C@@H]21. The molecule has 2 aliphatic rings. The minimum absolute atomic E-state index is 0.0718. The quantitative estimate of drug-likeness (QED) is 0.238. The predicted molar refractivity (Wildman–Crippen MR) is 130 cm³/mol. The Bertz CT molecular complexity index is 902. The van der Waals surface area contributed by atoms with Crippen LogP contribution in [0.25, 0.3) is 0 Å². The van der Waals surface area contributed by atoms with Crippen molar-refractivity contribution in [1.29, 1.82) is 0 Å². The Kier molecular flexibility index (Phi) is 8.07. The van der Waals surface area contributed by atoms with E-state index >= 15 is 0 Å². The summed E-state index contributed by atoms with van der Waals surface area (Å²) in [6.45, 7) is 11.5. The lowest BCUT2D eigenvalue weighted by Crippen LogP contribution is -2.45. The number of rotatable bonds is 9. The number of unbranched alkanes of at least 4 members (excludes halogenated alkanes) is 3. The lowest BCUT2D eigenvalue weighted by atomic mass is 9.67. The molecule has 1 aliphatic carbocycles. The van der Waals surface area contributed by atoms with E-state index in [4.69, 9.17) is 9.85 Å². The van der Waals surface area contributed by atoms with Crippen molar-refractivity contribution in [2.75, 3.05) is 13.6 Å². The molecule has 2 atom stereocenters. The summed E-state index contributed by atoms with van der Waals surface area (Å²) < 4.78 is 6.66. The van der Waals surface area contributed by atoms with E-state index in [9.17, 15) is 5.11 Å². The first kappa shape index (κ1) is 24.4. The molecule has 0 spiro atoms. The molecule has 1 N–H and O–H groups in total. The van der Waals surface area contributed by atoms with Gasteiger partial charge in [-0.15, -0.1) is 0 Å². The third-order valence-corrected chi connectivity index (χ3v) is 6.86. The zero-order valence-corrected chi connectivity index (χ0v) is 20.7. The van der Waals surface area contributed by atoms with Crippen LogP contribution >= 0.6 is 0 Å². The van der Waals surface area contributed by atoms with E-state index in [1.54, 1.807) is 7.05 Å². The number of benzene rings is 1. The molecule has 3 rings (SSSR count). The fourth-order valence-electron chi connectivity index (χ4n) is 5.09. The fourth-order valence-corrected chi connectivity index (χ4v) is 5.09. The summed E-state index contributed by atoms with van der Waals surface area (Å²) in [5.74, 6) is 1.23. The number of hydrogen-bond acceptors (Lipinski definition) is 6. The highest BCUT2D eigenvalue weighted by Crippen LogP contribution is 2.60. The van der Waals surface area contributed by atoms with Gasteiger partial charge in [0.2, 0.25) is 0 Å². The number of nitrogens with zero attached hydrogens (tertiary/aromatic N) is 4. The van der Waals surface area contributed by atoms with Crippen molar-refractivity contribution in [2.45, 2.75) is 97.5 Å². The molecule has 0 radical (unpaired) electrons. The van der Waals surface area contributed by atoms with Crippen LogP contribution in [0.2, 0.25) is 0 Å². The maximum absolute atomic E-state index is 11.5. The zero-order valence-electron chi connectivity index (χ0n) is 20.7. The smallest absolute Gasteiger partial charge is 0.155 e. The summed E-state index contributed by atoms with van der Waals surface area (Å²) in [6, 6.07) is 0. The Morgan fingerprint density at radius 1 is 1.09 bits per heavy atom. The molecule has 0 saturated carbocycles. The van der Waals surface area contributed by atoms with Crippen LogP contribution in [0.4, 0.5) is 11.4 Å². The van der Waals surface area contributed by atoms with Crippen LogP contribution in [-0.2, 0) is 6.42 Å². The molecule has 32 heavy (non-hydrogen) atoms. The highest BCUT2D eigenvalue weighted by molar-refractivity contribution is 5.78. The van der Waals surface area contributed by atoms with Gasteiger partial charge in [0, 0.05) is 30.0 Å². The Balaban J connectivity index is 2.27. The van der Waals surface area contributed by atoms with Crippen molar-refractivity contribution in [3.63, 3.8) is 0 Å². The molecule has 0 unspecified atom stereocenters. The first-order valence-corrected chi connectivity index (χ1v) is 12.3. The number of azo groups is 2. The van der Waals surface area contributed by atoms with E-state index in [1.807, 2.05) is 0 Å². The third-order valence-electron chi connectivity index (χ3n) is 6.86. The lowest BCUT2D eigenvalue weighted by Gasteiger charge is -2.47. The van der Waals surface area contributed by atoms with Crippen molar-refractivity contribution in [2.24, 2.45) is 26.4 Å². The largest absolute Gasteiger partial charge is 0.505 e. The fraction of sp³-hybridized carbons (Fsp3) is 0.692. The number of hydrogen-bond donors (Lipinski definition) is 1. The second-order valence-electron chi connectivity index (χ2n) is 9.73. The van der Waals surface area contributed by atoms with Gasteiger partial charge in [-0.1, -0.05) is 44.8 Å². The molecular formula is C26H40N4O2. The highest BCUT2D eigenvalue weighted by Gasteiger charge is 2.47. The lowest BCUT2D eigenvalue weighted by molar-refractivity contribution is 0.0113. The Morgan fingerprint density at radius 2 is 1.84 bits per heavy atom. The number of phenols is 1. The maximum Gasteiger partial charge on any atom is 0.155 e. The van der Waals surface area contributed by atoms with Gasteiger partial charge in [-0.05, 0) is 52.9 Å². The second-order valence-corrected chi connectivity index (χ2v) is 9.73. The van der Waals surface area contributed by atoms with Crippen LogP contribution in [0.1, 0.15) is 96.6 Å². The molecule has 6 heteroatoms. The predicted octanol–water partition coefficient (Wildman–Crippen LogP) is 8.33. The number of aromatic hydroxyl groups is 1. The molecule has 0 aromatic heterocycles. The van der Waals surface area contributed by atoms with Crippen molar-refractivity contribution in [3.8, 4) is 11.5 Å².